The summed E-state index contributed by atoms with van der Waals surface area (Å²) < 4.78 is 10.9. The highest BCUT2D eigenvalue weighted by atomic mass is 16.5. The van der Waals surface area contributed by atoms with Gasteiger partial charge in [-0.05, 0) is 43.1 Å². The SMILES string of the molecule is CCCNC(COc1ccccc1)Cc1ccoc1. The van der Waals surface area contributed by atoms with Gasteiger partial charge in [-0.25, -0.2) is 0 Å². The van der Waals surface area contributed by atoms with Crippen LogP contribution in [0.4, 0.5) is 0 Å². The predicted molar refractivity (Wildman–Crippen MR) is 76.4 cm³/mol. The van der Waals surface area contributed by atoms with Crippen molar-refractivity contribution in [1.29, 1.82) is 0 Å². The molecule has 0 radical (unpaired) electrons. The molecule has 0 amide bonds. The molecule has 0 spiro atoms. The molecule has 0 bridgehead atoms. The molecule has 2 aromatic rings. The second-order valence-electron chi connectivity index (χ2n) is 4.61. The van der Waals surface area contributed by atoms with Crippen LogP contribution in [0.3, 0.4) is 0 Å². The standard InChI is InChI=1S/C16H21NO2/c1-2-9-17-15(11-14-8-10-18-12-14)13-19-16-6-4-3-5-7-16/h3-8,10,12,15,17H,2,9,11,13H2,1H3. The lowest BCUT2D eigenvalue weighted by atomic mass is 10.1. The minimum atomic E-state index is 0.303. The Hall–Kier alpha value is -1.74. The first-order valence-electron chi connectivity index (χ1n) is 6.80. The molecule has 102 valence electrons. The molecule has 0 saturated heterocycles. The van der Waals surface area contributed by atoms with E-state index in [-0.39, 0.29) is 0 Å². The summed E-state index contributed by atoms with van der Waals surface area (Å²) in [5.41, 5.74) is 1.20. The number of hydrogen-bond donors (Lipinski definition) is 1. The molecule has 1 atom stereocenters. The first-order valence-corrected chi connectivity index (χ1v) is 6.80. The Balaban J connectivity index is 1.86. The van der Waals surface area contributed by atoms with Crippen LogP contribution >= 0.6 is 0 Å². The smallest absolute Gasteiger partial charge is 0.119 e. The molecular weight excluding hydrogens is 238 g/mol. The lowest BCUT2D eigenvalue weighted by Crippen LogP contribution is -2.37. The van der Waals surface area contributed by atoms with E-state index < -0.39 is 0 Å². The van der Waals surface area contributed by atoms with E-state index in [2.05, 4.69) is 12.2 Å². The summed E-state index contributed by atoms with van der Waals surface area (Å²) in [4.78, 5) is 0. The molecule has 0 aliphatic carbocycles. The van der Waals surface area contributed by atoms with E-state index >= 15 is 0 Å². The number of ether oxygens (including phenoxy) is 1. The Labute approximate surface area is 114 Å². The third-order valence-electron chi connectivity index (χ3n) is 2.94. The zero-order valence-electron chi connectivity index (χ0n) is 11.3. The number of rotatable bonds is 8. The van der Waals surface area contributed by atoms with E-state index in [9.17, 15) is 0 Å². The molecule has 1 aromatic carbocycles. The lowest BCUT2D eigenvalue weighted by molar-refractivity contribution is 0.263. The van der Waals surface area contributed by atoms with Gasteiger partial charge in [0.15, 0.2) is 0 Å². The van der Waals surface area contributed by atoms with Crippen molar-refractivity contribution < 1.29 is 9.15 Å². The van der Waals surface area contributed by atoms with Crippen LogP contribution in [0.1, 0.15) is 18.9 Å². The number of hydrogen-bond acceptors (Lipinski definition) is 3. The predicted octanol–water partition coefficient (Wildman–Crippen LogP) is 3.27. The van der Waals surface area contributed by atoms with Crippen molar-refractivity contribution in [2.75, 3.05) is 13.2 Å². The van der Waals surface area contributed by atoms with Gasteiger partial charge in [-0.1, -0.05) is 25.1 Å². The van der Waals surface area contributed by atoms with Gasteiger partial charge < -0.3 is 14.5 Å². The number of furan rings is 1. The van der Waals surface area contributed by atoms with Gasteiger partial charge >= 0.3 is 0 Å². The van der Waals surface area contributed by atoms with Crippen molar-refractivity contribution in [2.45, 2.75) is 25.8 Å². The molecule has 1 unspecified atom stereocenters. The molecule has 0 fully saturated rings. The zero-order chi connectivity index (χ0) is 13.3. The van der Waals surface area contributed by atoms with E-state index in [1.807, 2.05) is 36.4 Å². The van der Waals surface area contributed by atoms with Crippen molar-refractivity contribution in [3.8, 4) is 5.75 Å². The summed E-state index contributed by atoms with van der Waals surface area (Å²) in [7, 11) is 0. The molecule has 3 heteroatoms. The molecule has 2 rings (SSSR count). The second kappa shape index (κ2) is 7.64. The van der Waals surface area contributed by atoms with Gasteiger partial charge in [0, 0.05) is 6.04 Å². The number of para-hydroxylation sites is 1. The Morgan fingerprint density at radius 2 is 2.05 bits per heavy atom. The Morgan fingerprint density at radius 1 is 1.21 bits per heavy atom. The fourth-order valence-corrected chi connectivity index (χ4v) is 1.95. The van der Waals surface area contributed by atoms with E-state index in [1.165, 1.54) is 5.56 Å². The summed E-state index contributed by atoms with van der Waals surface area (Å²) in [5.74, 6) is 0.915. The lowest BCUT2D eigenvalue weighted by Gasteiger charge is -2.18. The van der Waals surface area contributed by atoms with Gasteiger partial charge in [0.05, 0.1) is 12.5 Å². The summed E-state index contributed by atoms with van der Waals surface area (Å²) in [6, 6.07) is 12.2. The Morgan fingerprint density at radius 3 is 2.74 bits per heavy atom. The first-order chi connectivity index (χ1) is 9.38. The minimum absolute atomic E-state index is 0.303. The van der Waals surface area contributed by atoms with Gasteiger partial charge in [-0.15, -0.1) is 0 Å². The quantitative estimate of drug-likeness (QED) is 0.790. The maximum absolute atomic E-state index is 5.82. The van der Waals surface area contributed by atoms with Gasteiger partial charge in [0.1, 0.15) is 12.4 Å². The molecule has 1 aromatic heterocycles. The summed E-state index contributed by atoms with van der Waals surface area (Å²) in [6.45, 7) is 3.83. The fraction of sp³-hybridized carbons (Fsp3) is 0.375. The molecule has 3 nitrogen and oxygen atoms in total. The molecule has 1 heterocycles. The topological polar surface area (TPSA) is 34.4 Å². The monoisotopic (exact) mass is 259 g/mol. The first kappa shape index (κ1) is 13.7. The van der Waals surface area contributed by atoms with Crippen molar-refractivity contribution in [3.05, 3.63) is 54.5 Å². The maximum Gasteiger partial charge on any atom is 0.119 e. The van der Waals surface area contributed by atoms with Gasteiger partial charge in [-0.2, -0.15) is 0 Å². The number of benzene rings is 1. The van der Waals surface area contributed by atoms with Crippen molar-refractivity contribution in [3.63, 3.8) is 0 Å². The van der Waals surface area contributed by atoms with Crippen LogP contribution in [0.15, 0.2) is 53.3 Å². The Kier molecular flexibility index (Phi) is 5.50. The third-order valence-corrected chi connectivity index (χ3v) is 2.94. The maximum atomic E-state index is 5.82. The zero-order valence-corrected chi connectivity index (χ0v) is 11.3. The van der Waals surface area contributed by atoms with Crippen molar-refractivity contribution >= 4 is 0 Å². The van der Waals surface area contributed by atoms with Crippen LogP contribution < -0.4 is 10.1 Å². The van der Waals surface area contributed by atoms with Crippen molar-refractivity contribution in [1.82, 2.24) is 5.32 Å². The molecule has 0 aliphatic heterocycles. The molecule has 0 aliphatic rings. The minimum Gasteiger partial charge on any atom is -0.492 e. The van der Waals surface area contributed by atoms with Gasteiger partial charge in [-0.3, -0.25) is 0 Å². The van der Waals surface area contributed by atoms with Crippen LogP contribution in [0.25, 0.3) is 0 Å². The van der Waals surface area contributed by atoms with E-state index in [1.54, 1.807) is 12.5 Å². The van der Waals surface area contributed by atoms with E-state index in [0.717, 1.165) is 25.1 Å². The Bertz CT molecular complexity index is 439. The molecular formula is C16H21NO2. The van der Waals surface area contributed by atoms with Crippen LogP contribution in [0.5, 0.6) is 5.75 Å². The molecule has 1 N–H and O–H groups in total. The summed E-state index contributed by atoms with van der Waals surface area (Å²) in [5, 5.41) is 3.51. The normalized spacial score (nSPS) is 12.3. The average molecular weight is 259 g/mol. The van der Waals surface area contributed by atoms with Gasteiger partial charge in [0.25, 0.3) is 0 Å². The highest BCUT2D eigenvalue weighted by molar-refractivity contribution is 5.21. The summed E-state index contributed by atoms with van der Waals surface area (Å²) in [6.07, 6.45) is 5.55. The highest BCUT2D eigenvalue weighted by Crippen LogP contribution is 2.10. The van der Waals surface area contributed by atoms with Crippen molar-refractivity contribution in [2.24, 2.45) is 0 Å². The van der Waals surface area contributed by atoms with Crippen LogP contribution in [-0.4, -0.2) is 19.2 Å². The largest absolute Gasteiger partial charge is 0.492 e. The van der Waals surface area contributed by atoms with Crippen LogP contribution in [-0.2, 0) is 6.42 Å². The van der Waals surface area contributed by atoms with E-state index in [4.69, 9.17) is 9.15 Å². The molecule has 19 heavy (non-hydrogen) atoms. The number of nitrogens with one attached hydrogen (secondary N) is 1. The second-order valence-corrected chi connectivity index (χ2v) is 4.61. The summed E-state index contributed by atoms with van der Waals surface area (Å²) >= 11 is 0. The van der Waals surface area contributed by atoms with E-state index in [0.29, 0.717) is 12.6 Å². The van der Waals surface area contributed by atoms with Gasteiger partial charge in [0.2, 0.25) is 0 Å². The molecule has 0 saturated carbocycles. The highest BCUT2D eigenvalue weighted by Gasteiger charge is 2.10. The van der Waals surface area contributed by atoms with Crippen LogP contribution in [0.2, 0.25) is 0 Å². The average Bonchev–Trinajstić information content (AvgIpc) is 2.96. The fourth-order valence-electron chi connectivity index (χ4n) is 1.95. The van der Waals surface area contributed by atoms with Crippen LogP contribution in [0, 0.1) is 0 Å². The third kappa shape index (κ3) is 4.79.